The van der Waals surface area contributed by atoms with Crippen LogP contribution in [0.25, 0.3) is 11.3 Å². The minimum atomic E-state index is -4.57. The second-order valence-corrected chi connectivity index (χ2v) is 11.9. The lowest BCUT2D eigenvalue weighted by molar-refractivity contribution is -0.137. The van der Waals surface area contributed by atoms with Gasteiger partial charge in [-0.05, 0) is 78.6 Å². The molecule has 1 aliphatic heterocycles. The van der Waals surface area contributed by atoms with E-state index in [0.29, 0.717) is 29.7 Å². The third-order valence-corrected chi connectivity index (χ3v) is 8.96. The summed E-state index contributed by atoms with van der Waals surface area (Å²) in [7, 11) is -4.02. The Balaban J connectivity index is 1.32. The highest BCUT2D eigenvalue weighted by atomic mass is 32.2. The van der Waals surface area contributed by atoms with Crippen LogP contribution in [0.4, 0.5) is 17.6 Å². The Labute approximate surface area is 246 Å². The van der Waals surface area contributed by atoms with Gasteiger partial charge in [-0.3, -0.25) is 9.78 Å². The maximum Gasteiger partial charge on any atom is 0.416 e. The van der Waals surface area contributed by atoms with Crippen molar-refractivity contribution in [1.82, 2.24) is 14.6 Å². The summed E-state index contributed by atoms with van der Waals surface area (Å²) >= 11 is 0. The Kier molecular flexibility index (Phi) is 8.79. The van der Waals surface area contributed by atoms with Crippen LogP contribution in [0.2, 0.25) is 0 Å². The van der Waals surface area contributed by atoms with Gasteiger partial charge in [0.05, 0.1) is 16.2 Å². The van der Waals surface area contributed by atoms with Gasteiger partial charge in [0.15, 0.2) is 0 Å². The number of amides is 1. The molecule has 0 spiro atoms. The van der Waals surface area contributed by atoms with E-state index in [1.807, 2.05) is 6.07 Å². The van der Waals surface area contributed by atoms with Gasteiger partial charge < -0.3 is 10.1 Å². The quantitative estimate of drug-likeness (QED) is 0.236. The summed E-state index contributed by atoms with van der Waals surface area (Å²) < 4.78 is 87.0. The molecule has 1 N–H and O–H groups in total. The van der Waals surface area contributed by atoms with Gasteiger partial charge in [-0.15, -0.1) is 0 Å². The number of pyridine rings is 1. The van der Waals surface area contributed by atoms with Gasteiger partial charge in [0.25, 0.3) is 0 Å². The lowest BCUT2D eigenvalue weighted by atomic mass is 10.0. The van der Waals surface area contributed by atoms with Crippen molar-refractivity contribution in [3.8, 4) is 17.0 Å². The number of aromatic nitrogens is 1. The standard InChI is InChI=1S/C31H27F4N3O4S/c32-24-9-11-25(12-10-24)43(40,41)38-16-4-7-28(38)30(39)37-19-22-14-15-36-27(17-22)26-13-8-23(31(33,34)35)18-29(26)42-20-21-5-2-1-3-6-21/h1-3,5-6,8-15,17-18,28H,4,7,16,19-20H2,(H,37,39). The van der Waals surface area contributed by atoms with Crippen LogP contribution >= 0.6 is 0 Å². The Morgan fingerprint density at radius 1 is 0.977 bits per heavy atom. The smallest absolute Gasteiger partial charge is 0.416 e. The first-order chi connectivity index (χ1) is 20.5. The fraction of sp³-hybridized carbons (Fsp3) is 0.226. The minimum absolute atomic E-state index is 0.0000362. The molecule has 0 bridgehead atoms. The molecule has 5 rings (SSSR count). The molecule has 1 unspecified atom stereocenters. The van der Waals surface area contributed by atoms with E-state index in [0.717, 1.165) is 46.3 Å². The number of nitrogens with zero attached hydrogens (tertiary/aromatic N) is 2. The third-order valence-electron chi connectivity index (χ3n) is 7.04. The number of benzene rings is 3. The van der Waals surface area contributed by atoms with Crippen LogP contribution < -0.4 is 10.1 Å². The number of rotatable bonds is 9. The van der Waals surface area contributed by atoms with Crippen molar-refractivity contribution in [2.45, 2.75) is 43.1 Å². The van der Waals surface area contributed by atoms with Crippen molar-refractivity contribution in [2.24, 2.45) is 0 Å². The molecule has 1 amide bonds. The average Bonchev–Trinajstić information content (AvgIpc) is 3.51. The van der Waals surface area contributed by atoms with Gasteiger partial charge in [0.1, 0.15) is 24.2 Å². The molecule has 3 aromatic carbocycles. The predicted molar refractivity (Wildman–Crippen MR) is 151 cm³/mol. The van der Waals surface area contributed by atoms with Crippen molar-refractivity contribution in [2.75, 3.05) is 6.54 Å². The van der Waals surface area contributed by atoms with Gasteiger partial charge in [-0.2, -0.15) is 17.5 Å². The number of ether oxygens (including phenoxy) is 1. The number of hydrogen-bond donors (Lipinski definition) is 1. The van der Waals surface area contributed by atoms with E-state index in [1.54, 1.807) is 36.4 Å². The van der Waals surface area contributed by atoms with Crippen molar-refractivity contribution >= 4 is 15.9 Å². The molecule has 0 aliphatic carbocycles. The zero-order valence-corrected chi connectivity index (χ0v) is 23.5. The summed E-state index contributed by atoms with van der Waals surface area (Å²) in [4.78, 5) is 17.3. The van der Waals surface area contributed by atoms with E-state index >= 15 is 0 Å². The zero-order chi connectivity index (χ0) is 30.6. The minimum Gasteiger partial charge on any atom is -0.488 e. The lowest BCUT2D eigenvalue weighted by Gasteiger charge is -2.23. The van der Waals surface area contributed by atoms with Crippen LogP contribution in [0, 0.1) is 5.82 Å². The molecule has 4 aromatic rings. The number of sulfonamides is 1. The first kappa shape index (κ1) is 30.2. The molecular weight excluding hydrogens is 586 g/mol. The Bertz CT molecular complexity index is 1700. The van der Waals surface area contributed by atoms with Crippen molar-refractivity contribution < 1.29 is 35.5 Å². The average molecular weight is 614 g/mol. The van der Waals surface area contributed by atoms with Crippen LogP contribution in [-0.4, -0.2) is 36.2 Å². The van der Waals surface area contributed by atoms with Gasteiger partial charge >= 0.3 is 6.18 Å². The molecule has 43 heavy (non-hydrogen) atoms. The molecule has 1 fully saturated rings. The van der Waals surface area contributed by atoms with Crippen LogP contribution in [0.15, 0.2) is 96.0 Å². The summed E-state index contributed by atoms with van der Waals surface area (Å²) in [5.41, 5.74) is 1.18. The van der Waals surface area contributed by atoms with Crippen LogP contribution in [0.5, 0.6) is 5.75 Å². The summed E-state index contributed by atoms with van der Waals surface area (Å²) in [6.07, 6.45) is -2.29. The third kappa shape index (κ3) is 7.03. The highest BCUT2D eigenvalue weighted by Crippen LogP contribution is 2.37. The first-order valence-electron chi connectivity index (χ1n) is 13.4. The molecule has 0 radical (unpaired) electrons. The zero-order valence-electron chi connectivity index (χ0n) is 22.7. The van der Waals surface area contributed by atoms with Gasteiger partial charge in [-0.25, -0.2) is 12.8 Å². The molecule has 1 aliphatic rings. The predicted octanol–water partition coefficient (Wildman–Crippen LogP) is 5.96. The molecule has 2 heterocycles. The van der Waals surface area contributed by atoms with Crippen molar-refractivity contribution in [3.05, 3.63) is 114 Å². The van der Waals surface area contributed by atoms with E-state index < -0.39 is 39.5 Å². The molecule has 1 aromatic heterocycles. The Hall–Kier alpha value is -4.29. The van der Waals surface area contributed by atoms with Gasteiger partial charge in [0.2, 0.25) is 15.9 Å². The fourth-order valence-corrected chi connectivity index (χ4v) is 6.49. The molecule has 1 saturated heterocycles. The molecular formula is C31H27F4N3O4S. The summed E-state index contributed by atoms with van der Waals surface area (Å²) in [5.74, 6) is -1.07. The second-order valence-electron chi connectivity index (χ2n) is 9.98. The highest BCUT2D eigenvalue weighted by Gasteiger charge is 2.39. The maximum absolute atomic E-state index is 13.5. The monoisotopic (exact) mass is 613 g/mol. The van der Waals surface area contributed by atoms with Crippen LogP contribution in [0.3, 0.4) is 0 Å². The SMILES string of the molecule is O=C(NCc1ccnc(-c2ccc(C(F)(F)F)cc2OCc2ccccc2)c1)C1CCCN1S(=O)(=O)c1ccc(F)cc1. The Morgan fingerprint density at radius 3 is 2.44 bits per heavy atom. The van der Waals surface area contributed by atoms with Gasteiger partial charge in [-0.1, -0.05) is 30.3 Å². The van der Waals surface area contributed by atoms with E-state index in [4.69, 9.17) is 4.74 Å². The van der Waals surface area contributed by atoms with E-state index in [2.05, 4.69) is 10.3 Å². The second kappa shape index (κ2) is 12.5. The van der Waals surface area contributed by atoms with Crippen LogP contribution in [0.1, 0.15) is 29.5 Å². The first-order valence-corrected chi connectivity index (χ1v) is 14.8. The molecule has 0 saturated carbocycles. The lowest BCUT2D eigenvalue weighted by Crippen LogP contribution is -2.45. The number of halogens is 4. The number of hydrogen-bond acceptors (Lipinski definition) is 5. The van der Waals surface area contributed by atoms with E-state index in [-0.39, 0.29) is 30.3 Å². The normalized spacial score (nSPS) is 15.8. The summed E-state index contributed by atoms with van der Waals surface area (Å²) in [6.45, 7) is 0.219. The molecule has 224 valence electrons. The van der Waals surface area contributed by atoms with E-state index in [1.165, 1.54) is 12.3 Å². The molecule has 12 heteroatoms. The van der Waals surface area contributed by atoms with Crippen molar-refractivity contribution in [3.63, 3.8) is 0 Å². The van der Waals surface area contributed by atoms with Gasteiger partial charge in [0, 0.05) is 24.8 Å². The van der Waals surface area contributed by atoms with E-state index in [9.17, 15) is 30.8 Å². The number of carbonyl (C=O) groups is 1. The molecule has 7 nitrogen and oxygen atoms in total. The summed E-state index contributed by atoms with van der Waals surface area (Å²) in [5, 5.41) is 2.76. The summed E-state index contributed by atoms with van der Waals surface area (Å²) in [6, 6.07) is 18.9. The number of alkyl halides is 3. The largest absolute Gasteiger partial charge is 0.488 e. The fourth-order valence-electron chi connectivity index (χ4n) is 4.84. The topological polar surface area (TPSA) is 88.6 Å². The highest BCUT2D eigenvalue weighted by molar-refractivity contribution is 7.89. The Morgan fingerprint density at radius 2 is 1.72 bits per heavy atom. The maximum atomic E-state index is 13.5. The van der Waals surface area contributed by atoms with Crippen molar-refractivity contribution in [1.29, 1.82) is 0 Å². The molecule has 1 atom stereocenters. The van der Waals surface area contributed by atoms with Crippen LogP contribution in [-0.2, 0) is 34.1 Å². The number of carbonyl (C=O) groups excluding carboxylic acids is 1. The number of nitrogens with one attached hydrogen (secondary N) is 1.